The first kappa shape index (κ1) is 20.6. The lowest BCUT2D eigenvalue weighted by Gasteiger charge is -2.09. The van der Waals surface area contributed by atoms with Gasteiger partial charge >= 0.3 is 17.5 Å². The minimum absolute atomic E-state index is 0.0843. The molecule has 0 saturated heterocycles. The van der Waals surface area contributed by atoms with Crippen molar-refractivity contribution in [1.82, 2.24) is 5.43 Å². The number of halogens is 1. The molecule has 0 bridgehead atoms. The molecule has 0 unspecified atom stereocenters. The van der Waals surface area contributed by atoms with E-state index in [0.717, 1.165) is 6.21 Å². The number of amides is 2. The lowest BCUT2D eigenvalue weighted by molar-refractivity contribution is -0.385. The molecule has 0 aromatic heterocycles. The number of methoxy groups -OCH3 is 2. The molecule has 0 aliphatic rings. The second-order valence-electron chi connectivity index (χ2n) is 5.19. The van der Waals surface area contributed by atoms with Crippen LogP contribution in [-0.2, 0) is 9.59 Å². The van der Waals surface area contributed by atoms with Crippen LogP contribution in [0.2, 0.25) is 5.02 Å². The molecular formula is C17H15ClN4O6. The fourth-order valence-electron chi connectivity index (χ4n) is 2.10. The van der Waals surface area contributed by atoms with E-state index in [1.807, 2.05) is 5.43 Å². The zero-order valence-electron chi connectivity index (χ0n) is 14.8. The first-order valence-corrected chi connectivity index (χ1v) is 8.04. The fraction of sp³-hybridized carbons (Fsp3) is 0.118. The Kier molecular flexibility index (Phi) is 6.88. The average molecular weight is 407 g/mol. The van der Waals surface area contributed by atoms with Crippen molar-refractivity contribution in [3.8, 4) is 11.5 Å². The summed E-state index contributed by atoms with van der Waals surface area (Å²) in [5.74, 6) is -1.65. The predicted octanol–water partition coefficient (Wildman–Crippen LogP) is 2.35. The number of benzene rings is 2. The summed E-state index contributed by atoms with van der Waals surface area (Å²) in [5.41, 5.74) is 2.30. The van der Waals surface area contributed by atoms with E-state index < -0.39 is 16.7 Å². The third kappa shape index (κ3) is 5.17. The Labute approximate surface area is 164 Å². The topological polar surface area (TPSA) is 132 Å². The van der Waals surface area contributed by atoms with Gasteiger partial charge in [-0.1, -0.05) is 11.6 Å². The molecule has 28 heavy (non-hydrogen) atoms. The van der Waals surface area contributed by atoms with Crippen LogP contribution in [0.4, 0.5) is 11.4 Å². The normalized spacial score (nSPS) is 10.4. The Balaban J connectivity index is 2.04. The third-order valence-electron chi connectivity index (χ3n) is 3.40. The third-order valence-corrected chi connectivity index (χ3v) is 3.63. The molecular weight excluding hydrogens is 392 g/mol. The van der Waals surface area contributed by atoms with Crippen molar-refractivity contribution >= 4 is 41.0 Å². The Morgan fingerprint density at radius 3 is 2.43 bits per heavy atom. The fourth-order valence-corrected chi connectivity index (χ4v) is 2.28. The van der Waals surface area contributed by atoms with E-state index in [0.29, 0.717) is 16.3 Å². The Morgan fingerprint density at radius 2 is 1.79 bits per heavy atom. The van der Waals surface area contributed by atoms with E-state index >= 15 is 0 Å². The van der Waals surface area contributed by atoms with Gasteiger partial charge in [0, 0.05) is 16.7 Å². The van der Waals surface area contributed by atoms with Gasteiger partial charge in [-0.3, -0.25) is 19.7 Å². The molecule has 2 amide bonds. The summed E-state index contributed by atoms with van der Waals surface area (Å²) in [4.78, 5) is 34.2. The molecule has 0 aliphatic heterocycles. The molecule has 10 nitrogen and oxygen atoms in total. The number of carbonyl (C=O) groups is 2. The molecule has 0 aliphatic carbocycles. The number of hydrogen-bond donors (Lipinski definition) is 2. The number of rotatable bonds is 6. The van der Waals surface area contributed by atoms with Crippen molar-refractivity contribution in [1.29, 1.82) is 0 Å². The van der Waals surface area contributed by atoms with E-state index in [2.05, 4.69) is 10.4 Å². The van der Waals surface area contributed by atoms with E-state index in [9.17, 15) is 19.7 Å². The van der Waals surface area contributed by atoms with Gasteiger partial charge in [0.25, 0.3) is 0 Å². The second-order valence-corrected chi connectivity index (χ2v) is 5.62. The zero-order valence-corrected chi connectivity index (χ0v) is 15.5. The molecule has 0 heterocycles. The largest absolute Gasteiger partial charge is 0.495 e. The SMILES string of the molecule is COc1ccc(Cl)cc1NC(=O)C(=O)N/N=C\c1ccc(OC)c([N+](=O)[O-])c1. The number of carbonyl (C=O) groups excluding carboxylic acids is 2. The average Bonchev–Trinajstić information content (AvgIpc) is 2.67. The predicted molar refractivity (Wildman–Crippen MR) is 102 cm³/mol. The Bertz CT molecular complexity index is 947. The van der Waals surface area contributed by atoms with Crippen LogP contribution in [0.25, 0.3) is 0 Å². The van der Waals surface area contributed by atoms with Crippen LogP contribution in [0.3, 0.4) is 0 Å². The number of hydrogen-bond acceptors (Lipinski definition) is 7. The van der Waals surface area contributed by atoms with Crippen molar-refractivity contribution in [2.24, 2.45) is 5.10 Å². The highest BCUT2D eigenvalue weighted by atomic mass is 35.5. The maximum atomic E-state index is 12.0. The summed E-state index contributed by atoms with van der Waals surface area (Å²) in [6.45, 7) is 0. The van der Waals surface area contributed by atoms with Gasteiger partial charge in [-0.15, -0.1) is 0 Å². The molecule has 146 valence electrons. The molecule has 2 rings (SSSR count). The highest BCUT2D eigenvalue weighted by Crippen LogP contribution is 2.28. The number of anilines is 1. The van der Waals surface area contributed by atoms with Crippen LogP contribution in [0.5, 0.6) is 11.5 Å². The molecule has 2 N–H and O–H groups in total. The molecule has 11 heteroatoms. The monoisotopic (exact) mass is 406 g/mol. The van der Waals surface area contributed by atoms with E-state index in [1.165, 1.54) is 44.6 Å². The minimum Gasteiger partial charge on any atom is -0.495 e. The van der Waals surface area contributed by atoms with Crippen LogP contribution in [0.1, 0.15) is 5.56 Å². The summed E-state index contributed by atoms with van der Waals surface area (Å²) in [6.07, 6.45) is 1.15. The van der Waals surface area contributed by atoms with Gasteiger partial charge in [0.1, 0.15) is 5.75 Å². The standard InChI is InChI=1S/C17H15ClN4O6/c1-27-14-6-4-11(18)8-12(14)20-16(23)17(24)21-19-9-10-3-5-15(28-2)13(7-10)22(25)26/h3-9H,1-2H3,(H,20,23)(H,21,24)/b19-9-. The number of nitro benzene ring substituents is 1. The molecule has 0 atom stereocenters. The van der Waals surface area contributed by atoms with Gasteiger partial charge < -0.3 is 14.8 Å². The van der Waals surface area contributed by atoms with Crippen molar-refractivity contribution in [2.45, 2.75) is 0 Å². The maximum Gasteiger partial charge on any atom is 0.329 e. The summed E-state index contributed by atoms with van der Waals surface area (Å²) in [6, 6.07) is 8.62. The van der Waals surface area contributed by atoms with Gasteiger partial charge in [0.05, 0.1) is 31.0 Å². The molecule has 0 radical (unpaired) electrons. The molecule has 2 aromatic carbocycles. The highest BCUT2D eigenvalue weighted by Gasteiger charge is 2.16. The Hall–Kier alpha value is -3.66. The molecule has 0 saturated carbocycles. The number of nitrogens with zero attached hydrogens (tertiary/aromatic N) is 2. The molecule has 0 fully saturated rings. The summed E-state index contributed by atoms with van der Waals surface area (Å²) in [7, 11) is 2.71. The molecule has 2 aromatic rings. The van der Waals surface area contributed by atoms with Crippen LogP contribution < -0.4 is 20.2 Å². The first-order valence-electron chi connectivity index (χ1n) is 7.66. The van der Waals surface area contributed by atoms with Gasteiger partial charge in [-0.05, 0) is 30.3 Å². The van der Waals surface area contributed by atoms with E-state index in [-0.39, 0.29) is 17.1 Å². The summed E-state index contributed by atoms with van der Waals surface area (Å²) < 4.78 is 9.96. The smallest absolute Gasteiger partial charge is 0.329 e. The number of nitro groups is 1. The maximum absolute atomic E-state index is 12.0. The van der Waals surface area contributed by atoms with Crippen LogP contribution in [0.15, 0.2) is 41.5 Å². The number of nitrogens with one attached hydrogen (secondary N) is 2. The van der Waals surface area contributed by atoms with Gasteiger partial charge in [-0.25, -0.2) is 5.43 Å². The zero-order chi connectivity index (χ0) is 20.7. The number of ether oxygens (including phenoxy) is 2. The van der Waals surface area contributed by atoms with Crippen molar-refractivity contribution in [2.75, 3.05) is 19.5 Å². The van der Waals surface area contributed by atoms with Crippen LogP contribution in [0, 0.1) is 10.1 Å². The highest BCUT2D eigenvalue weighted by molar-refractivity contribution is 6.40. The Morgan fingerprint density at radius 1 is 1.11 bits per heavy atom. The lowest BCUT2D eigenvalue weighted by atomic mass is 10.2. The van der Waals surface area contributed by atoms with Crippen molar-refractivity contribution in [3.63, 3.8) is 0 Å². The molecule has 0 spiro atoms. The lowest BCUT2D eigenvalue weighted by Crippen LogP contribution is -2.32. The first-order chi connectivity index (χ1) is 13.3. The quantitative estimate of drug-likeness (QED) is 0.327. The summed E-state index contributed by atoms with van der Waals surface area (Å²) in [5, 5.41) is 17.3. The van der Waals surface area contributed by atoms with Crippen molar-refractivity contribution in [3.05, 3.63) is 57.1 Å². The van der Waals surface area contributed by atoms with Crippen LogP contribution >= 0.6 is 11.6 Å². The van der Waals surface area contributed by atoms with Crippen LogP contribution in [-0.4, -0.2) is 37.2 Å². The number of hydrazone groups is 1. The summed E-state index contributed by atoms with van der Waals surface area (Å²) >= 11 is 5.86. The van der Waals surface area contributed by atoms with E-state index in [4.69, 9.17) is 21.1 Å². The van der Waals surface area contributed by atoms with Crippen molar-refractivity contribution < 1.29 is 24.0 Å². The second kappa shape index (κ2) is 9.33. The van der Waals surface area contributed by atoms with E-state index in [1.54, 1.807) is 6.07 Å². The van der Waals surface area contributed by atoms with Gasteiger partial charge in [0.15, 0.2) is 5.75 Å². The minimum atomic E-state index is -1.05. The van der Waals surface area contributed by atoms with Gasteiger partial charge in [0.2, 0.25) is 0 Å². The van der Waals surface area contributed by atoms with Gasteiger partial charge in [-0.2, -0.15) is 5.10 Å².